The summed E-state index contributed by atoms with van der Waals surface area (Å²) in [6.45, 7) is 6.67. The third-order valence-electron chi connectivity index (χ3n) is 2.97. The molecule has 0 saturated heterocycles. The van der Waals surface area contributed by atoms with E-state index in [2.05, 4.69) is 39.0 Å². The molecule has 0 amide bonds. The van der Waals surface area contributed by atoms with Crippen LogP contribution >= 0.6 is 0 Å². The fourth-order valence-corrected chi connectivity index (χ4v) is 1.89. The van der Waals surface area contributed by atoms with Crippen molar-refractivity contribution in [3.05, 3.63) is 41.0 Å². The molecule has 0 spiro atoms. The van der Waals surface area contributed by atoms with E-state index in [1.807, 2.05) is 6.07 Å². The van der Waals surface area contributed by atoms with E-state index in [1.54, 1.807) is 0 Å². The first kappa shape index (κ1) is 20.8. The molecular formula is C12H13F3Ti. The van der Waals surface area contributed by atoms with Gasteiger partial charge in [0.2, 0.25) is 0 Å². The van der Waals surface area contributed by atoms with Crippen molar-refractivity contribution in [1.29, 1.82) is 0 Å². The third-order valence-corrected chi connectivity index (χ3v) is 2.97. The Balaban J connectivity index is -0.000000422. The Labute approximate surface area is 109 Å². The number of allylic oxidation sites excluding steroid dienone is 2. The normalized spacial score (nSPS) is 16.1. The largest absolute Gasteiger partial charge is 4.00 e. The SMILES string of the molecule is CC1=C(C)C(C)c2ccc[c-]c21.[F-].[F-].[F-].[Ti+4]. The van der Waals surface area contributed by atoms with Crippen LogP contribution in [0.4, 0.5) is 0 Å². The molecule has 0 fully saturated rings. The zero-order chi connectivity index (χ0) is 8.72. The van der Waals surface area contributed by atoms with E-state index in [9.17, 15) is 0 Å². The molecule has 1 atom stereocenters. The molecule has 1 aliphatic rings. The molecule has 4 heteroatoms. The van der Waals surface area contributed by atoms with Gasteiger partial charge in [-0.25, -0.2) is 0 Å². The number of benzene rings is 1. The topological polar surface area (TPSA) is 0 Å². The van der Waals surface area contributed by atoms with Gasteiger partial charge in [0.1, 0.15) is 0 Å². The van der Waals surface area contributed by atoms with Crippen molar-refractivity contribution in [2.24, 2.45) is 0 Å². The predicted molar refractivity (Wildman–Crippen MR) is 52.0 cm³/mol. The van der Waals surface area contributed by atoms with Gasteiger partial charge < -0.3 is 14.1 Å². The molecule has 2 rings (SSSR count). The second-order valence-electron chi connectivity index (χ2n) is 3.53. The van der Waals surface area contributed by atoms with Gasteiger partial charge in [-0.2, -0.15) is 0 Å². The molecule has 0 nitrogen and oxygen atoms in total. The summed E-state index contributed by atoms with van der Waals surface area (Å²) in [5, 5.41) is 0. The Morgan fingerprint density at radius 1 is 1.12 bits per heavy atom. The zero-order valence-corrected chi connectivity index (χ0v) is 11.0. The number of halogens is 3. The average molecular weight is 262 g/mol. The molecule has 0 N–H and O–H groups in total. The first-order valence-corrected chi connectivity index (χ1v) is 4.40. The molecular weight excluding hydrogens is 249 g/mol. The molecule has 0 aliphatic heterocycles. The fourth-order valence-electron chi connectivity index (χ4n) is 1.89. The van der Waals surface area contributed by atoms with Crippen molar-refractivity contribution in [1.82, 2.24) is 0 Å². The van der Waals surface area contributed by atoms with Gasteiger partial charge in [0.15, 0.2) is 0 Å². The van der Waals surface area contributed by atoms with Gasteiger partial charge in [-0.1, -0.05) is 20.8 Å². The molecule has 0 radical (unpaired) electrons. The quantitative estimate of drug-likeness (QED) is 0.323. The minimum absolute atomic E-state index is 0. The third kappa shape index (κ3) is 2.99. The second-order valence-corrected chi connectivity index (χ2v) is 3.53. The van der Waals surface area contributed by atoms with Crippen LogP contribution in [0, 0.1) is 6.07 Å². The summed E-state index contributed by atoms with van der Waals surface area (Å²) >= 11 is 0. The second kappa shape index (κ2) is 7.69. The summed E-state index contributed by atoms with van der Waals surface area (Å²) in [5.41, 5.74) is 5.67. The maximum absolute atomic E-state index is 3.30. The molecule has 1 aromatic carbocycles. The van der Waals surface area contributed by atoms with E-state index in [-0.39, 0.29) is 35.8 Å². The molecule has 1 unspecified atom stereocenters. The van der Waals surface area contributed by atoms with Gasteiger partial charge in [-0.05, 0) is 5.92 Å². The average Bonchev–Trinajstić information content (AvgIpc) is 2.33. The van der Waals surface area contributed by atoms with Gasteiger partial charge in [-0.15, -0.1) is 46.5 Å². The fraction of sp³-hybridized carbons (Fsp3) is 0.333. The van der Waals surface area contributed by atoms with Gasteiger partial charge in [0.25, 0.3) is 0 Å². The number of hydrogen-bond donors (Lipinski definition) is 0. The summed E-state index contributed by atoms with van der Waals surface area (Å²) in [5.74, 6) is 0.595. The van der Waals surface area contributed by atoms with Crippen LogP contribution in [0.15, 0.2) is 23.8 Å². The van der Waals surface area contributed by atoms with Crippen LogP contribution in [0.25, 0.3) is 5.57 Å². The predicted octanol–water partition coefficient (Wildman–Crippen LogP) is -5.59. The summed E-state index contributed by atoms with van der Waals surface area (Å²) in [7, 11) is 0. The first-order chi connectivity index (χ1) is 5.72. The van der Waals surface area contributed by atoms with E-state index in [4.69, 9.17) is 0 Å². The van der Waals surface area contributed by atoms with Gasteiger partial charge >= 0.3 is 21.7 Å². The Hall–Kier alpha value is -0.536. The van der Waals surface area contributed by atoms with Gasteiger partial charge in [0.05, 0.1) is 0 Å². The van der Waals surface area contributed by atoms with Crippen LogP contribution < -0.4 is 14.1 Å². The van der Waals surface area contributed by atoms with E-state index in [0.717, 1.165) is 0 Å². The Morgan fingerprint density at radius 3 is 2.19 bits per heavy atom. The molecule has 1 aliphatic carbocycles. The Bertz CT molecular complexity index is 361. The minimum Gasteiger partial charge on any atom is -1.00 e. The molecule has 0 aromatic heterocycles. The van der Waals surface area contributed by atoms with Crippen LogP contribution in [0.5, 0.6) is 0 Å². The summed E-state index contributed by atoms with van der Waals surface area (Å²) < 4.78 is 0. The summed E-state index contributed by atoms with van der Waals surface area (Å²) in [4.78, 5) is 0. The van der Waals surface area contributed by atoms with Crippen molar-refractivity contribution < 1.29 is 35.8 Å². The molecule has 0 heterocycles. The summed E-state index contributed by atoms with van der Waals surface area (Å²) in [6, 6.07) is 9.57. The van der Waals surface area contributed by atoms with E-state index in [1.165, 1.54) is 22.3 Å². The van der Waals surface area contributed by atoms with Crippen molar-refractivity contribution in [2.45, 2.75) is 26.7 Å². The van der Waals surface area contributed by atoms with Crippen LogP contribution in [0.1, 0.15) is 37.8 Å². The Kier molecular flexibility index (Phi) is 10.0. The maximum Gasteiger partial charge on any atom is 4.00 e. The molecule has 16 heavy (non-hydrogen) atoms. The van der Waals surface area contributed by atoms with Crippen molar-refractivity contribution >= 4 is 5.57 Å². The molecule has 1 aromatic rings. The minimum atomic E-state index is 0. The standard InChI is InChI=1S/C12H13.3FH.Ti/c1-8-9(2)11-6-4-5-7-12(11)10(8)3;;;;/h4-6,9H,1-3H3;3*1H;/q-1;;;;+4/p-3. The molecule has 86 valence electrons. The van der Waals surface area contributed by atoms with Crippen LogP contribution in [-0.2, 0) is 21.7 Å². The van der Waals surface area contributed by atoms with Crippen molar-refractivity contribution in [2.75, 3.05) is 0 Å². The molecule has 0 saturated carbocycles. The van der Waals surface area contributed by atoms with E-state index >= 15 is 0 Å². The number of fused-ring (bicyclic) bond motifs is 1. The first-order valence-electron chi connectivity index (χ1n) is 4.40. The van der Waals surface area contributed by atoms with Crippen LogP contribution in [-0.4, -0.2) is 0 Å². The maximum atomic E-state index is 3.30. The number of rotatable bonds is 0. The van der Waals surface area contributed by atoms with Crippen molar-refractivity contribution in [3.63, 3.8) is 0 Å². The molecule has 0 bridgehead atoms. The van der Waals surface area contributed by atoms with Crippen molar-refractivity contribution in [3.8, 4) is 0 Å². The van der Waals surface area contributed by atoms with Gasteiger partial charge in [0, 0.05) is 0 Å². The van der Waals surface area contributed by atoms with Gasteiger partial charge in [-0.3, -0.25) is 0 Å². The Morgan fingerprint density at radius 2 is 1.69 bits per heavy atom. The monoisotopic (exact) mass is 262 g/mol. The van der Waals surface area contributed by atoms with E-state index in [0.29, 0.717) is 5.92 Å². The summed E-state index contributed by atoms with van der Waals surface area (Å²) in [6.07, 6.45) is 0. The van der Waals surface area contributed by atoms with Crippen LogP contribution in [0.2, 0.25) is 0 Å². The number of hydrogen-bond acceptors (Lipinski definition) is 0. The smallest absolute Gasteiger partial charge is 1.00 e. The van der Waals surface area contributed by atoms with Crippen LogP contribution in [0.3, 0.4) is 0 Å². The van der Waals surface area contributed by atoms with E-state index < -0.39 is 0 Å². The zero-order valence-electron chi connectivity index (χ0n) is 9.44.